The molecule has 0 bridgehead atoms. The zero-order valence-corrected chi connectivity index (χ0v) is 16.5. The molecule has 1 amide bonds. The molecular formula is C19H21N5OS2. The average Bonchev–Trinajstić information content (AvgIpc) is 3.09. The maximum atomic E-state index is 12.2. The number of hydrazine groups is 1. The van der Waals surface area contributed by atoms with Crippen LogP contribution in [0.4, 0.5) is 5.13 Å². The van der Waals surface area contributed by atoms with Crippen molar-refractivity contribution in [2.45, 2.75) is 19.4 Å². The van der Waals surface area contributed by atoms with E-state index in [1.807, 2.05) is 42.5 Å². The number of hydrogen-bond donors (Lipinski definition) is 4. The van der Waals surface area contributed by atoms with E-state index in [1.165, 1.54) is 16.9 Å². The summed E-state index contributed by atoms with van der Waals surface area (Å²) in [5.74, 6) is -0.221. The second-order valence-electron chi connectivity index (χ2n) is 5.96. The molecule has 0 unspecified atom stereocenters. The Bertz CT molecular complexity index is 880. The van der Waals surface area contributed by atoms with E-state index < -0.39 is 6.04 Å². The zero-order valence-electron chi connectivity index (χ0n) is 14.9. The second-order valence-corrected chi connectivity index (χ2v) is 7.40. The van der Waals surface area contributed by atoms with Crippen molar-refractivity contribution >= 4 is 49.9 Å². The molecule has 6 nitrogen and oxygen atoms in total. The smallest absolute Gasteiger partial charge is 0.260 e. The zero-order chi connectivity index (χ0) is 19.1. The standard InChI is InChI=1S/C19H21N5OS2/c1-13(21-19-22-15-9-5-6-10-16(15)27-19)17(25)23-24-18(26)20-12-11-14-7-3-2-4-8-14/h2-10,13H,11-12H2,1H3,(H,21,22)(H,23,25)(H2,20,24,26)/t13-/m0/s1. The number of thiocarbonyl (C=S) groups is 1. The van der Waals surface area contributed by atoms with E-state index in [2.05, 4.69) is 38.6 Å². The number of nitrogens with zero attached hydrogens (tertiary/aromatic N) is 1. The number of carbonyl (C=O) groups is 1. The summed E-state index contributed by atoms with van der Waals surface area (Å²) >= 11 is 6.70. The highest BCUT2D eigenvalue weighted by Gasteiger charge is 2.14. The van der Waals surface area contributed by atoms with Gasteiger partial charge in [0, 0.05) is 6.54 Å². The molecular weight excluding hydrogens is 378 g/mol. The van der Waals surface area contributed by atoms with Crippen LogP contribution in [0.15, 0.2) is 54.6 Å². The Morgan fingerprint density at radius 3 is 2.63 bits per heavy atom. The number of amides is 1. The number of para-hydroxylation sites is 1. The minimum Gasteiger partial charge on any atom is -0.361 e. The maximum absolute atomic E-state index is 12.2. The van der Waals surface area contributed by atoms with Gasteiger partial charge in [-0.1, -0.05) is 53.8 Å². The van der Waals surface area contributed by atoms with E-state index in [0.29, 0.717) is 16.8 Å². The number of nitrogens with one attached hydrogen (secondary N) is 4. The second kappa shape index (κ2) is 9.29. The fourth-order valence-electron chi connectivity index (χ4n) is 2.42. The fraction of sp³-hybridized carbons (Fsp3) is 0.211. The predicted molar refractivity (Wildman–Crippen MR) is 115 cm³/mol. The first kappa shape index (κ1) is 19.1. The van der Waals surface area contributed by atoms with Gasteiger partial charge in [0.25, 0.3) is 5.91 Å². The summed E-state index contributed by atoms with van der Waals surface area (Å²) in [6.45, 7) is 2.46. The third-order valence-electron chi connectivity index (χ3n) is 3.87. The van der Waals surface area contributed by atoms with Gasteiger partial charge in [0.1, 0.15) is 6.04 Å². The van der Waals surface area contributed by atoms with E-state index in [1.54, 1.807) is 6.92 Å². The molecule has 4 N–H and O–H groups in total. The van der Waals surface area contributed by atoms with Gasteiger partial charge in [0.2, 0.25) is 0 Å². The molecule has 0 radical (unpaired) electrons. The van der Waals surface area contributed by atoms with Crippen molar-refractivity contribution in [3.8, 4) is 0 Å². The molecule has 3 aromatic rings. The van der Waals surface area contributed by atoms with Gasteiger partial charge in [0.05, 0.1) is 10.2 Å². The molecule has 27 heavy (non-hydrogen) atoms. The first-order valence-corrected chi connectivity index (χ1v) is 9.84. The predicted octanol–water partition coefficient (Wildman–Crippen LogP) is 2.83. The van der Waals surface area contributed by atoms with Crippen molar-refractivity contribution in [3.05, 3.63) is 60.2 Å². The van der Waals surface area contributed by atoms with Gasteiger partial charge in [-0.25, -0.2) is 4.98 Å². The summed E-state index contributed by atoms with van der Waals surface area (Å²) in [6.07, 6.45) is 0.853. The van der Waals surface area contributed by atoms with Gasteiger partial charge in [-0.15, -0.1) is 0 Å². The molecule has 0 spiro atoms. The average molecular weight is 400 g/mol. The molecule has 3 rings (SSSR count). The molecule has 1 atom stereocenters. The minimum absolute atomic E-state index is 0.221. The molecule has 1 aromatic heterocycles. The monoisotopic (exact) mass is 399 g/mol. The van der Waals surface area contributed by atoms with Gasteiger partial charge < -0.3 is 10.6 Å². The van der Waals surface area contributed by atoms with Crippen molar-refractivity contribution in [1.82, 2.24) is 21.2 Å². The van der Waals surface area contributed by atoms with E-state index in [9.17, 15) is 4.79 Å². The van der Waals surface area contributed by atoms with E-state index in [4.69, 9.17) is 12.2 Å². The summed E-state index contributed by atoms with van der Waals surface area (Å²) in [4.78, 5) is 16.7. The van der Waals surface area contributed by atoms with E-state index >= 15 is 0 Å². The van der Waals surface area contributed by atoms with Gasteiger partial charge >= 0.3 is 0 Å². The molecule has 140 valence electrons. The number of fused-ring (bicyclic) bond motifs is 1. The topological polar surface area (TPSA) is 78.1 Å². The summed E-state index contributed by atoms with van der Waals surface area (Å²) in [6, 6.07) is 17.5. The molecule has 8 heteroatoms. The Balaban J connectivity index is 1.39. The lowest BCUT2D eigenvalue weighted by Gasteiger charge is -2.15. The van der Waals surface area contributed by atoms with Crippen LogP contribution in [0.5, 0.6) is 0 Å². The first-order chi connectivity index (χ1) is 13.1. The lowest BCUT2D eigenvalue weighted by Crippen LogP contribution is -2.51. The largest absolute Gasteiger partial charge is 0.361 e. The Morgan fingerprint density at radius 1 is 1.11 bits per heavy atom. The molecule has 0 saturated heterocycles. The normalized spacial score (nSPS) is 11.6. The van der Waals surface area contributed by atoms with Gasteiger partial charge in [-0.3, -0.25) is 15.6 Å². The maximum Gasteiger partial charge on any atom is 0.260 e. The van der Waals surface area contributed by atoms with E-state index in [-0.39, 0.29) is 5.91 Å². The lowest BCUT2D eigenvalue weighted by atomic mass is 10.1. The number of rotatable bonds is 6. The van der Waals surface area contributed by atoms with Crippen molar-refractivity contribution in [2.24, 2.45) is 0 Å². The Labute approximate surface area is 167 Å². The Kier molecular flexibility index (Phi) is 6.56. The van der Waals surface area contributed by atoms with E-state index in [0.717, 1.165) is 16.6 Å². The van der Waals surface area contributed by atoms with Crippen LogP contribution in [0.3, 0.4) is 0 Å². The van der Waals surface area contributed by atoms with Crippen LogP contribution in [0, 0.1) is 0 Å². The third kappa shape index (κ3) is 5.63. The van der Waals surface area contributed by atoms with Gasteiger partial charge in [-0.05, 0) is 43.3 Å². The van der Waals surface area contributed by atoms with Crippen LogP contribution in [0.2, 0.25) is 0 Å². The number of hydrogen-bond acceptors (Lipinski definition) is 5. The highest BCUT2D eigenvalue weighted by Crippen LogP contribution is 2.25. The lowest BCUT2D eigenvalue weighted by molar-refractivity contribution is -0.122. The fourth-order valence-corrected chi connectivity index (χ4v) is 3.53. The third-order valence-corrected chi connectivity index (χ3v) is 5.08. The molecule has 2 aromatic carbocycles. The van der Waals surface area contributed by atoms with Crippen LogP contribution >= 0.6 is 23.6 Å². The van der Waals surface area contributed by atoms with Crippen molar-refractivity contribution in [1.29, 1.82) is 0 Å². The van der Waals surface area contributed by atoms with Crippen molar-refractivity contribution in [2.75, 3.05) is 11.9 Å². The summed E-state index contributed by atoms with van der Waals surface area (Å²) < 4.78 is 1.08. The highest BCUT2D eigenvalue weighted by molar-refractivity contribution is 7.80. The van der Waals surface area contributed by atoms with Crippen molar-refractivity contribution < 1.29 is 4.79 Å². The number of aromatic nitrogens is 1. The van der Waals surface area contributed by atoms with Crippen LogP contribution in [0.25, 0.3) is 10.2 Å². The minimum atomic E-state index is -0.454. The Morgan fingerprint density at radius 2 is 1.85 bits per heavy atom. The first-order valence-electron chi connectivity index (χ1n) is 8.61. The molecule has 0 saturated carbocycles. The SMILES string of the molecule is C[C@H](Nc1nc2ccccc2s1)C(=O)NNC(=S)NCCc1ccccc1. The van der Waals surface area contributed by atoms with Crippen LogP contribution in [-0.2, 0) is 11.2 Å². The molecule has 0 aliphatic carbocycles. The van der Waals surface area contributed by atoms with Crippen LogP contribution < -0.4 is 21.5 Å². The van der Waals surface area contributed by atoms with Crippen molar-refractivity contribution in [3.63, 3.8) is 0 Å². The Hall–Kier alpha value is -2.71. The summed E-state index contributed by atoms with van der Waals surface area (Å²) in [5, 5.41) is 7.27. The molecule has 0 aliphatic rings. The number of carbonyl (C=O) groups excluding carboxylic acids is 1. The summed E-state index contributed by atoms with van der Waals surface area (Å²) in [5.41, 5.74) is 7.48. The van der Waals surface area contributed by atoms with Crippen LogP contribution in [-0.4, -0.2) is 28.6 Å². The quantitative estimate of drug-likeness (QED) is 0.377. The molecule has 0 aliphatic heterocycles. The number of benzene rings is 2. The van der Waals surface area contributed by atoms with Crippen LogP contribution in [0.1, 0.15) is 12.5 Å². The van der Waals surface area contributed by atoms with Gasteiger partial charge in [0.15, 0.2) is 10.2 Å². The number of thiazole rings is 1. The molecule has 0 fully saturated rings. The highest BCUT2D eigenvalue weighted by atomic mass is 32.1. The molecule has 1 heterocycles. The summed E-state index contributed by atoms with van der Waals surface area (Å²) in [7, 11) is 0. The van der Waals surface area contributed by atoms with Gasteiger partial charge in [-0.2, -0.15) is 0 Å². The number of anilines is 1.